The summed E-state index contributed by atoms with van der Waals surface area (Å²) >= 11 is 0. The van der Waals surface area contributed by atoms with Crippen LogP contribution in [-0.4, -0.2) is 15.0 Å². The van der Waals surface area contributed by atoms with Gasteiger partial charge in [-0.25, -0.2) is 8.42 Å². The van der Waals surface area contributed by atoms with Gasteiger partial charge in [-0.1, -0.05) is 60.7 Å². The van der Waals surface area contributed by atoms with Crippen LogP contribution >= 0.6 is 0 Å². The smallest absolute Gasteiger partial charge is 0.263 e. The first kappa shape index (κ1) is 15.3. The molecule has 23 heavy (non-hydrogen) atoms. The molecule has 116 valence electrons. The number of hydrogen-bond acceptors (Lipinski definition) is 2. The molecule has 0 aliphatic carbocycles. The van der Waals surface area contributed by atoms with Crippen LogP contribution in [0.15, 0.2) is 90.3 Å². The Morgan fingerprint density at radius 2 is 1.52 bits per heavy atom. The number of hydrogen-bond donors (Lipinski definition) is 0. The van der Waals surface area contributed by atoms with Crippen molar-refractivity contribution in [2.75, 3.05) is 10.8 Å². The van der Waals surface area contributed by atoms with Crippen LogP contribution in [0, 0.1) is 0 Å². The summed E-state index contributed by atoms with van der Waals surface area (Å²) in [5.41, 5.74) is 0.625. The van der Waals surface area contributed by atoms with Crippen molar-refractivity contribution in [2.45, 2.75) is 4.90 Å². The second-order valence-electron chi connectivity index (χ2n) is 5.14. The number of nitrogens with zero attached hydrogens (tertiary/aromatic N) is 1. The third kappa shape index (κ3) is 2.85. The molecule has 0 aromatic heterocycles. The van der Waals surface area contributed by atoms with E-state index in [4.69, 9.17) is 0 Å². The summed E-state index contributed by atoms with van der Waals surface area (Å²) in [5, 5.41) is 1.63. The number of sulfonamides is 1. The average Bonchev–Trinajstić information content (AvgIpc) is 2.59. The summed E-state index contributed by atoms with van der Waals surface area (Å²) < 4.78 is 27.8. The van der Waals surface area contributed by atoms with E-state index in [1.54, 1.807) is 30.3 Å². The molecule has 3 aromatic rings. The van der Waals surface area contributed by atoms with E-state index in [-0.39, 0.29) is 6.54 Å². The monoisotopic (exact) mass is 323 g/mol. The van der Waals surface area contributed by atoms with Gasteiger partial charge in [0.25, 0.3) is 10.0 Å². The first-order chi connectivity index (χ1) is 11.1. The molecule has 0 fully saturated rings. The Labute approximate surface area is 136 Å². The van der Waals surface area contributed by atoms with E-state index < -0.39 is 10.0 Å². The summed E-state index contributed by atoms with van der Waals surface area (Å²) in [5.74, 6) is 0. The van der Waals surface area contributed by atoms with Crippen molar-refractivity contribution in [3.63, 3.8) is 0 Å². The van der Waals surface area contributed by atoms with E-state index in [0.29, 0.717) is 10.6 Å². The minimum atomic E-state index is -3.68. The number of benzene rings is 3. The highest BCUT2D eigenvalue weighted by Gasteiger charge is 2.25. The van der Waals surface area contributed by atoms with Gasteiger partial charge in [0.15, 0.2) is 0 Å². The highest BCUT2D eigenvalue weighted by Crippen LogP contribution is 2.28. The van der Waals surface area contributed by atoms with Gasteiger partial charge >= 0.3 is 0 Å². The van der Waals surface area contributed by atoms with Crippen molar-refractivity contribution < 1.29 is 8.42 Å². The van der Waals surface area contributed by atoms with Crippen LogP contribution in [-0.2, 0) is 10.0 Å². The standard InChI is InChI=1S/C19H17NO2S/c1-2-15-20(17-11-4-3-5-12-17)23(21,22)19-14-8-10-16-9-6-7-13-18(16)19/h2-14H,1,15H2. The first-order valence-corrected chi connectivity index (χ1v) is 8.75. The van der Waals surface area contributed by atoms with Gasteiger partial charge in [-0.3, -0.25) is 4.31 Å². The van der Waals surface area contributed by atoms with E-state index in [1.807, 2.05) is 48.5 Å². The third-order valence-electron chi connectivity index (χ3n) is 3.66. The molecular weight excluding hydrogens is 306 g/mol. The van der Waals surface area contributed by atoms with E-state index in [1.165, 1.54) is 4.31 Å². The van der Waals surface area contributed by atoms with E-state index >= 15 is 0 Å². The number of para-hydroxylation sites is 1. The first-order valence-electron chi connectivity index (χ1n) is 7.31. The maximum atomic E-state index is 13.2. The molecule has 0 atom stereocenters. The quantitative estimate of drug-likeness (QED) is 0.659. The fourth-order valence-electron chi connectivity index (χ4n) is 2.59. The van der Waals surface area contributed by atoms with Gasteiger partial charge in [-0.05, 0) is 23.6 Å². The Morgan fingerprint density at radius 3 is 2.26 bits per heavy atom. The molecule has 0 heterocycles. The topological polar surface area (TPSA) is 37.4 Å². The third-order valence-corrected chi connectivity index (χ3v) is 5.51. The summed E-state index contributed by atoms with van der Waals surface area (Å²) in [7, 11) is -3.68. The van der Waals surface area contributed by atoms with Crippen LogP contribution in [0.25, 0.3) is 10.8 Å². The molecule has 0 N–H and O–H groups in total. The lowest BCUT2D eigenvalue weighted by molar-refractivity contribution is 0.593. The fourth-order valence-corrected chi connectivity index (χ4v) is 4.25. The van der Waals surface area contributed by atoms with Gasteiger partial charge in [0.2, 0.25) is 0 Å². The minimum Gasteiger partial charge on any atom is -0.263 e. The van der Waals surface area contributed by atoms with Crippen LogP contribution in [0.4, 0.5) is 5.69 Å². The molecule has 0 amide bonds. The zero-order valence-corrected chi connectivity index (χ0v) is 13.4. The van der Waals surface area contributed by atoms with Gasteiger partial charge in [0.05, 0.1) is 17.1 Å². The molecule has 0 unspecified atom stereocenters. The number of rotatable bonds is 5. The Hall–Kier alpha value is -2.59. The lowest BCUT2D eigenvalue weighted by atomic mass is 10.1. The van der Waals surface area contributed by atoms with Crippen LogP contribution < -0.4 is 4.31 Å². The van der Waals surface area contributed by atoms with Crippen molar-refractivity contribution in [3.8, 4) is 0 Å². The molecule has 0 aliphatic heterocycles. The van der Waals surface area contributed by atoms with Crippen LogP contribution in [0.2, 0.25) is 0 Å². The summed E-state index contributed by atoms with van der Waals surface area (Å²) in [6.45, 7) is 3.91. The maximum Gasteiger partial charge on any atom is 0.265 e. The minimum absolute atomic E-state index is 0.218. The zero-order valence-electron chi connectivity index (χ0n) is 12.6. The fraction of sp³-hybridized carbons (Fsp3) is 0.0526. The van der Waals surface area contributed by atoms with Crippen LogP contribution in [0.5, 0.6) is 0 Å². The van der Waals surface area contributed by atoms with Gasteiger partial charge in [0, 0.05) is 5.39 Å². The van der Waals surface area contributed by atoms with Crippen molar-refractivity contribution in [2.24, 2.45) is 0 Å². The normalized spacial score (nSPS) is 11.3. The molecule has 3 aromatic carbocycles. The molecule has 3 nitrogen and oxygen atoms in total. The van der Waals surface area contributed by atoms with E-state index in [0.717, 1.165) is 10.8 Å². The second kappa shape index (κ2) is 6.26. The highest BCUT2D eigenvalue weighted by atomic mass is 32.2. The molecule has 0 spiro atoms. The summed E-state index contributed by atoms with van der Waals surface area (Å²) in [4.78, 5) is 0.307. The highest BCUT2D eigenvalue weighted by molar-refractivity contribution is 7.93. The van der Waals surface area contributed by atoms with E-state index in [2.05, 4.69) is 6.58 Å². The number of fused-ring (bicyclic) bond motifs is 1. The summed E-state index contributed by atoms with van der Waals surface area (Å²) in [6.07, 6.45) is 1.59. The van der Waals surface area contributed by atoms with Crippen molar-refractivity contribution >= 4 is 26.5 Å². The van der Waals surface area contributed by atoms with Crippen molar-refractivity contribution in [3.05, 3.63) is 85.5 Å². The Bertz CT molecular complexity index is 929. The SMILES string of the molecule is C=CCN(c1ccccc1)S(=O)(=O)c1cccc2ccccc12. The second-order valence-corrected chi connectivity index (χ2v) is 6.97. The van der Waals surface area contributed by atoms with Crippen LogP contribution in [0.3, 0.4) is 0 Å². The maximum absolute atomic E-state index is 13.2. The molecule has 3 rings (SSSR count). The molecule has 0 aliphatic rings. The van der Waals surface area contributed by atoms with Gasteiger partial charge in [0.1, 0.15) is 0 Å². The summed E-state index contributed by atoms with van der Waals surface area (Å²) in [6, 6.07) is 21.9. The number of anilines is 1. The predicted molar refractivity (Wildman–Crippen MR) is 95.1 cm³/mol. The van der Waals surface area contributed by atoms with Crippen LogP contribution in [0.1, 0.15) is 0 Å². The predicted octanol–water partition coefficient (Wildman–Crippen LogP) is 4.22. The lowest BCUT2D eigenvalue weighted by Gasteiger charge is -2.23. The Morgan fingerprint density at radius 1 is 0.870 bits per heavy atom. The van der Waals surface area contributed by atoms with Crippen molar-refractivity contribution in [1.29, 1.82) is 0 Å². The van der Waals surface area contributed by atoms with Gasteiger partial charge in [-0.15, -0.1) is 6.58 Å². The Kier molecular flexibility index (Phi) is 4.17. The van der Waals surface area contributed by atoms with Gasteiger partial charge in [-0.2, -0.15) is 0 Å². The van der Waals surface area contributed by atoms with Gasteiger partial charge < -0.3 is 0 Å². The Balaban J connectivity index is 2.20. The molecule has 4 heteroatoms. The molecular formula is C19H17NO2S. The zero-order chi connectivity index (χ0) is 16.3. The van der Waals surface area contributed by atoms with E-state index in [9.17, 15) is 8.42 Å². The molecule has 0 saturated heterocycles. The lowest BCUT2D eigenvalue weighted by Crippen LogP contribution is -2.31. The van der Waals surface area contributed by atoms with Crippen molar-refractivity contribution in [1.82, 2.24) is 0 Å². The average molecular weight is 323 g/mol. The molecule has 0 radical (unpaired) electrons. The molecule has 0 bridgehead atoms. The molecule has 0 saturated carbocycles. The largest absolute Gasteiger partial charge is 0.265 e.